The molecule has 28 heavy (non-hydrogen) atoms. The van der Waals surface area contributed by atoms with Gasteiger partial charge in [-0.3, -0.25) is 4.79 Å². The molecule has 3 N–H and O–H groups in total. The van der Waals surface area contributed by atoms with Crippen LogP contribution in [-0.2, 0) is 4.79 Å². The Bertz CT molecular complexity index is 913. The van der Waals surface area contributed by atoms with Crippen LogP contribution < -0.4 is 11.4 Å². The topological polar surface area (TPSA) is 117 Å². The predicted molar refractivity (Wildman–Crippen MR) is 102 cm³/mol. The Morgan fingerprint density at radius 2 is 1.79 bits per heavy atom. The molecule has 2 aliphatic rings. The number of aromatic amines is 1. The third-order valence-corrected chi connectivity index (χ3v) is 5.71. The molecule has 0 bridgehead atoms. The van der Waals surface area contributed by atoms with Crippen LogP contribution in [0.2, 0.25) is 0 Å². The van der Waals surface area contributed by atoms with Crippen molar-refractivity contribution in [1.29, 1.82) is 0 Å². The van der Waals surface area contributed by atoms with Crippen LogP contribution in [0.15, 0.2) is 35.1 Å². The summed E-state index contributed by atoms with van der Waals surface area (Å²) in [5, 5.41) is 6.80. The number of carbonyl (C=O) groups is 2. The molecule has 1 aromatic heterocycles. The van der Waals surface area contributed by atoms with Crippen molar-refractivity contribution in [2.24, 2.45) is 5.73 Å². The van der Waals surface area contributed by atoms with Gasteiger partial charge in [0.2, 0.25) is 5.91 Å². The van der Waals surface area contributed by atoms with Crippen molar-refractivity contribution < 1.29 is 9.59 Å². The molecule has 1 atom stereocenters. The summed E-state index contributed by atoms with van der Waals surface area (Å²) in [5.41, 5.74) is 5.91. The van der Waals surface area contributed by atoms with Crippen LogP contribution in [-0.4, -0.2) is 62.2 Å². The molecule has 2 fully saturated rings. The van der Waals surface area contributed by atoms with Crippen LogP contribution in [0, 0.1) is 0 Å². The summed E-state index contributed by atoms with van der Waals surface area (Å²) in [6.45, 7) is 1.68. The van der Waals surface area contributed by atoms with E-state index < -0.39 is 12.1 Å². The second-order valence-electron chi connectivity index (χ2n) is 7.35. The fourth-order valence-electron chi connectivity index (χ4n) is 4.27. The number of benzene rings is 1. The van der Waals surface area contributed by atoms with Crippen molar-refractivity contribution in [1.82, 2.24) is 24.6 Å². The monoisotopic (exact) mass is 384 g/mol. The Hall–Kier alpha value is -3.10. The molecule has 1 aromatic carbocycles. The number of piperidine rings is 1. The Morgan fingerprint density at radius 3 is 2.46 bits per heavy atom. The number of nitrogens with two attached hydrogens (primary N) is 1. The minimum absolute atomic E-state index is 0.0303. The number of hydrogen-bond donors (Lipinski definition) is 2. The number of amides is 3. The van der Waals surface area contributed by atoms with Crippen LogP contribution in [0.25, 0.3) is 5.69 Å². The number of carbonyl (C=O) groups excluding carboxylic acids is 2. The van der Waals surface area contributed by atoms with Crippen molar-refractivity contribution >= 4 is 11.9 Å². The van der Waals surface area contributed by atoms with E-state index in [9.17, 15) is 14.4 Å². The third kappa shape index (κ3) is 3.28. The molecule has 4 rings (SSSR count). The second kappa shape index (κ2) is 7.49. The first kappa shape index (κ1) is 18.3. The number of nitrogens with zero attached hydrogens (tertiary/aromatic N) is 4. The minimum Gasteiger partial charge on any atom is -0.351 e. The van der Waals surface area contributed by atoms with E-state index in [0.29, 0.717) is 44.7 Å². The highest BCUT2D eigenvalue weighted by molar-refractivity contribution is 5.87. The molecule has 2 aromatic rings. The number of urea groups is 1. The minimum atomic E-state index is -0.533. The number of aromatic nitrogens is 3. The molecule has 2 saturated heterocycles. The normalized spacial score (nSPS) is 20.5. The highest BCUT2D eigenvalue weighted by Crippen LogP contribution is 2.29. The van der Waals surface area contributed by atoms with Crippen molar-refractivity contribution in [3.8, 4) is 5.69 Å². The van der Waals surface area contributed by atoms with E-state index in [2.05, 4.69) is 10.2 Å². The number of hydrogen-bond acceptors (Lipinski definition) is 4. The maximum atomic E-state index is 12.9. The van der Waals surface area contributed by atoms with Crippen LogP contribution >= 0.6 is 0 Å². The number of H-pyrrole nitrogens is 1. The third-order valence-electron chi connectivity index (χ3n) is 5.71. The van der Waals surface area contributed by atoms with E-state index in [4.69, 9.17) is 5.73 Å². The van der Waals surface area contributed by atoms with Gasteiger partial charge in [0, 0.05) is 25.6 Å². The van der Waals surface area contributed by atoms with E-state index in [0.717, 1.165) is 12.1 Å². The average Bonchev–Trinajstić information content (AvgIpc) is 3.35. The van der Waals surface area contributed by atoms with E-state index >= 15 is 0 Å². The molecular weight excluding hydrogens is 360 g/mol. The van der Waals surface area contributed by atoms with E-state index in [1.165, 1.54) is 4.90 Å². The van der Waals surface area contributed by atoms with Crippen LogP contribution in [0.1, 0.15) is 37.4 Å². The molecule has 0 saturated carbocycles. The molecule has 2 aliphatic heterocycles. The summed E-state index contributed by atoms with van der Waals surface area (Å²) >= 11 is 0. The number of primary amides is 1. The lowest BCUT2D eigenvalue weighted by Crippen LogP contribution is -2.51. The van der Waals surface area contributed by atoms with Gasteiger partial charge < -0.3 is 15.5 Å². The number of likely N-dealkylation sites (tertiary alicyclic amines) is 2. The molecule has 0 radical (unpaired) electrons. The Labute approximate surface area is 162 Å². The van der Waals surface area contributed by atoms with Crippen LogP contribution in [0.3, 0.4) is 0 Å². The van der Waals surface area contributed by atoms with Gasteiger partial charge in [0.25, 0.3) is 0 Å². The van der Waals surface area contributed by atoms with Gasteiger partial charge in [0.15, 0.2) is 0 Å². The Kier molecular flexibility index (Phi) is 4.89. The summed E-state index contributed by atoms with van der Waals surface area (Å²) in [5.74, 6) is 0.749. The van der Waals surface area contributed by atoms with Gasteiger partial charge in [-0.05, 0) is 37.8 Å². The van der Waals surface area contributed by atoms with Crippen LogP contribution in [0.5, 0.6) is 0 Å². The zero-order chi connectivity index (χ0) is 19.7. The second-order valence-corrected chi connectivity index (χ2v) is 7.35. The highest BCUT2D eigenvalue weighted by Gasteiger charge is 2.37. The molecule has 3 amide bonds. The van der Waals surface area contributed by atoms with E-state index in [1.807, 2.05) is 30.3 Å². The maximum absolute atomic E-state index is 12.9. The standard InChI is InChI=1S/C19H24N6O3/c20-18(27)24-10-4-7-15(24)17(26)23-11-8-13(9-12-23)16-21-22-19(28)25(16)14-5-2-1-3-6-14/h1-3,5-6,13,15H,4,7-12H2,(H2,20,27)(H,22,28)/t15-/m0/s1. The largest absolute Gasteiger partial charge is 0.351 e. The fourth-order valence-corrected chi connectivity index (χ4v) is 4.27. The lowest BCUT2D eigenvalue weighted by Gasteiger charge is -2.34. The van der Waals surface area contributed by atoms with E-state index in [-0.39, 0.29) is 17.5 Å². The molecule has 0 unspecified atom stereocenters. The quantitative estimate of drug-likeness (QED) is 0.814. The lowest BCUT2D eigenvalue weighted by atomic mass is 9.95. The molecule has 3 heterocycles. The first-order chi connectivity index (χ1) is 13.6. The van der Waals surface area contributed by atoms with Crippen molar-refractivity contribution in [2.75, 3.05) is 19.6 Å². The lowest BCUT2D eigenvalue weighted by molar-refractivity contribution is -0.136. The number of para-hydroxylation sites is 1. The van der Waals surface area contributed by atoms with Gasteiger partial charge in [0.1, 0.15) is 11.9 Å². The van der Waals surface area contributed by atoms with Gasteiger partial charge in [0.05, 0.1) is 5.69 Å². The summed E-state index contributed by atoms with van der Waals surface area (Å²) in [7, 11) is 0. The highest BCUT2D eigenvalue weighted by atomic mass is 16.2. The summed E-state index contributed by atoms with van der Waals surface area (Å²) in [6, 6.07) is 8.43. The number of nitrogens with one attached hydrogen (secondary N) is 1. The smallest absolute Gasteiger partial charge is 0.347 e. The van der Waals surface area contributed by atoms with Crippen molar-refractivity contribution in [2.45, 2.75) is 37.6 Å². The molecule has 9 nitrogen and oxygen atoms in total. The number of rotatable bonds is 3. The van der Waals surface area contributed by atoms with Gasteiger partial charge >= 0.3 is 11.7 Å². The zero-order valence-electron chi connectivity index (χ0n) is 15.6. The average molecular weight is 384 g/mol. The van der Waals surface area contributed by atoms with Gasteiger partial charge in [-0.2, -0.15) is 5.10 Å². The summed E-state index contributed by atoms with van der Waals surface area (Å²) in [6.07, 6.45) is 2.89. The Morgan fingerprint density at radius 1 is 1.07 bits per heavy atom. The van der Waals surface area contributed by atoms with Crippen molar-refractivity contribution in [3.05, 3.63) is 46.6 Å². The first-order valence-corrected chi connectivity index (χ1v) is 9.64. The maximum Gasteiger partial charge on any atom is 0.347 e. The van der Waals surface area contributed by atoms with Gasteiger partial charge in [-0.15, -0.1) is 0 Å². The SMILES string of the molecule is NC(=O)N1CCC[C@H]1C(=O)N1CCC(c2n[nH]c(=O)n2-c2ccccc2)CC1. The van der Waals surface area contributed by atoms with Crippen molar-refractivity contribution in [3.63, 3.8) is 0 Å². The molecule has 9 heteroatoms. The fraction of sp³-hybridized carbons (Fsp3) is 0.474. The first-order valence-electron chi connectivity index (χ1n) is 9.64. The molecule has 148 valence electrons. The summed E-state index contributed by atoms with van der Waals surface area (Å²) < 4.78 is 1.61. The van der Waals surface area contributed by atoms with Gasteiger partial charge in [-0.25, -0.2) is 19.3 Å². The van der Waals surface area contributed by atoms with E-state index in [1.54, 1.807) is 9.47 Å². The van der Waals surface area contributed by atoms with Crippen LogP contribution in [0.4, 0.5) is 4.79 Å². The zero-order valence-corrected chi connectivity index (χ0v) is 15.6. The van der Waals surface area contributed by atoms with Gasteiger partial charge in [-0.1, -0.05) is 18.2 Å². The Balaban J connectivity index is 1.46. The predicted octanol–water partition coefficient (Wildman–Crippen LogP) is 0.810. The summed E-state index contributed by atoms with van der Waals surface area (Å²) in [4.78, 5) is 39.9. The molecule has 0 spiro atoms. The molecule has 0 aliphatic carbocycles. The molecular formula is C19H24N6O3.